The summed E-state index contributed by atoms with van der Waals surface area (Å²) in [4.78, 5) is 23.5. The molecule has 7 heteroatoms. The quantitative estimate of drug-likeness (QED) is 0.260. The summed E-state index contributed by atoms with van der Waals surface area (Å²) in [6.45, 7) is 2.28. The molecule has 0 bridgehead atoms. The molecule has 1 aromatic carbocycles. The van der Waals surface area contributed by atoms with Crippen LogP contribution >= 0.6 is 23.1 Å². The second kappa shape index (κ2) is 11.4. The molecule has 0 fully saturated rings. The maximum Gasteiger partial charge on any atom is 0.305 e. The number of ether oxygens (including phenoxy) is 1. The van der Waals surface area contributed by atoms with Crippen LogP contribution in [0.3, 0.4) is 0 Å². The number of rotatable bonds is 11. The number of hydrogen-bond acceptors (Lipinski definition) is 5. The summed E-state index contributed by atoms with van der Waals surface area (Å²) in [6, 6.07) is 3.78. The van der Waals surface area contributed by atoms with Gasteiger partial charge in [0.1, 0.15) is 0 Å². The van der Waals surface area contributed by atoms with Gasteiger partial charge in [-0.3, -0.25) is 9.59 Å². The van der Waals surface area contributed by atoms with E-state index in [1.807, 2.05) is 0 Å². The number of carbonyl (C=O) groups excluding carboxylic acids is 1. The molecule has 1 aromatic heterocycles. The number of unbranched alkanes of at least 4 members (excludes halogenated alkanes) is 5. The standard InChI is InChI=1S/C20H24F2O3S2/c1-2-19(23)25-9-7-5-3-4-6-8-10-26-17-13-20(24)27-18-12-16(22)15(21)11-14(17)18/h11-13H,2-10H2,1H3. The molecular formula is C20H24F2O3S2. The van der Waals surface area contributed by atoms with Gasteiger partial charge in [0.2, 0.25) is 4.74 Å². The van der Waals surface area contributed by atoms with E-state index in [9.17, 15) is 18.4 Å². The Balaban J connectivity index is 1.69. The minimum atomic E-state index is -0.926. The van der Waals surface area contributed by atoms with E-state index < -0.39 is 11.6 Å². The number of thioether (sulfide) groups is 1. The average molecular weight is 415 g/mol. The lowest BCUT2D eigenvalue weighted by atomic mass is 10.1. The predicted molar refractivity (Wildman–Crippen MR) is 108 cm³/mol. The van der Waals surface area contributed by atoms with Gasteiger partial charge in [-0.15, -0.1) is 11.8 Å². The first-order valence-corrected chi connectivity index (χ1v) is 11.0. The lowest BCUT2D eigenvalue weighted by Crippen LogP contribution is -2.03. The predicted octanol–water partition coefficient (Wildman–Crippen LogP) is 5.93. The Morgan fingerprint density at radius 3 is 2.44 bits per heavy atom. The van der Waals surface area contributed by atoms with Crippen LogP contribution in [0.2, 0.25) is 0 Å². The topological polar surface area (TPSA) is 43.4 Å². The number of esters is 1. The fraction of sp³-hybridized carbons (Fsp3) is 0.500. The minimum absolute atomic E-state index is 0.148. The lowest BCUT2D eigenvalue weighted by molar-refractivity contribution is -0.143. The molecule has 0 N–H and O–H groups in total. The van der Waals surface area contributed by atoms with Crippen LogP contribution in [0.15, 0.2) is 27.9 Å². The summed E-state index contributed by atoms with van der Waals surface area (Å²) in [7, 11) is 0. The van der Waals surface area contributed by atoms with Crippen molar-refractivity contribution in [3.8, 4) is 0 Å². The monoisotopic (exact) mass is 414 g/mol. The first-order valence-electron chi connectivity index (χ1n) is 9.22. The Kier molecular flexibility index (Phi) is 9.21. The summed E-state index contributed by atoms with van der Waals surface area (Å²) in [6.07, 6.45) is 6.62. The van der Waals surface area contributed by atoms with E-state index in [0.29, 0.717) is 28.0 Å². The van der Waals surface area contributed by atoms with E-state index in [1.54, 1.807) is 6.92 Å². The Morgan fingerprint density at radius 2 is 1.70 bits per heavy atom. The third kappa shape index (κ3) is 7.22. The molecule has 3 nitrogen and oxygen atoms in total. The zero-order valence-electron chi connectivity index (χ0n) is 15.4. The van der Waals surface area contributed by atoms with Crippen LogP contribution in [-0.4, -0.2) is 18.3 Å². The SMILES string of the molecule is CCC(=O)OCCCCCCCCSc1cc(=O)sc2cc(F)c(F)cc12. The molecule has 148 valence electrons. The number of halogens is 2. The van der Waals surface area contributed by atoms with Crippen molar-refractivity contribution in [3.63, 3.8) is 0 Å². The zero-order chi connectivity index (χ0) is 19.6. The Hall–Kier alpha value is -1.47. The van der Waals surface area contributed by atoms with Crippen LogP contribution in [0.4, 0.5) is 8.78 Å². The highest BCUT2D eigenvalue weighted by molar-refractivity contribution is 7.99. The van der Waals surface area contributed by atoms with Gasteiger partial charge in [-0.1, -0.05) is 43.9 Å². The van der Waals surface area contributed by atoms with Crippen molar-refractivity contribution in [2.75, 3.05) is 12.4 Å². The highest BCUT2D eigenvalue weighted by Crippen LogP contribution is 2.30. The van der Waals surface area contributed by atoms with E-state index in [4.69, 9.17) is 4.74 Å². The Morgan fingerprint density at radius 1 is 1.04 bits per heavy atom. The van der Waals surface area contributed by atoms with Crippen molar-refractivity contribution in [3.05, 3.63) is 39.4 Å². The van der Waals surface area contributed by atoms with Crippen LogP contribution < -0.4 is 4.74 Å². The molecule has 0 saturated heterocycles. The fourth-order valence-corrected chi connectivity index (χ4v) is 4.69. The fourth-order valence-electron chi connectivity index (χ4n) is 2.63. The van der Waals surface area contributed by atoms with Crippen molar-refractivity contribution in [2.45, 2.75) is 56.8 Å². The van der Waals surface area contributed by atoms with Gasteiger partial charge < -0.3 is 4.74 Å². The van der Waals surface area contributed by atoms with Gasteiger partial charge in [0.05, 0.1) is 6.61 Å². The summed E-state index contributed by atoms with van der Waals surface area (Å²) in [5.41, 5.74) is 0. The molecule has 0 radical (unpaired) electrons. The summed E-state index contributed by atoms with van der Waals surface area (Å²) in [5, 5.41) is 0.602. The van der Waals surface area contributed by atoms with Gasteiger partial charge in [0.15, 0.2) is 11.6 Å². The molecule has 0 amide bonds. The van der Waals surface area contributed by atoms with Crippen molar-refractivity contribution in [1.82, 2.24) is 0 Å². The molecule has 0 aliphatic rings. The van der Waals surface area contributed by atoms with Crippen LogP contribution in [0.25, 0.3) is 10.1 Å². The molecule has 27 heavy (non-hydrogen) atoms. The lowest BCUT2D eigenvalue weighted by Gasteiger charge is -2.06. The van der Waals surface area contributed by atoms with Crippen LogP contribution in [0.1, 0.15) is 51.9 Å². The molecule has 0 unspecified atom stereocenters. The van der Waals surface area contributed by atoms with E-state index in [-0.39, 0.29) is 10.7 Å². The molecule has 0 atom stereocenters. The van der Waals surface area contributed by atoms with Gasteiger partial charge in [-0.25, -0.2) is 8.78 Å². The third-order valence-electron chi connectivity index (χ3n) is 4.10. The highest BCUT2D eigenvalue weighted by atomic mass is 32.2. The average Bonchev–Trinajstić information content (AvgIpc) is 2.64. The molecular weight excluding hydrogens is 390 g/mol. The molecule has 1 heterocycles. The van der Waals surface area contributed by atoms with Gasteiger partial charge in [0, 0.05) is 27.5 Å². The normalized spacial score (nSPS) is 11.1. The highest BCUT2D eigenvalue weighted by Gasteiger charge is 2.10. The molecule has 0 spiro atoms. The minimum Gasteiger partial charge on any atom is -0.466 e. The Bertz CT molecular complexity index is 821. The van der Waals surface area contributed by atoms with Crippen LogP contribution in [0, 0.1) is 11.6 Å². The van der Waals surface area contributed by atoms with E-state index in [1.165, 1.54) is 23.9 Å². The first-order chi connectivity index (χ1) is 13.0. The number of fused-ring (bicyclic) bond motifs is 1. The number of carbonyl (C=O) groups is 1. The van der Waals surface area contributed by atoms with E-state index in [2.05, 4.69) is 0 Å². The second-order valence-electron chi connectivity index (χ2n) is 6.24. The van der Waals surface area contributed by atoms with Gasteiger partial charge in [-0.2, -0.15) is 0 Å². The van der Waals surface area contributed by atoms with Gasteiger partial charge in [-0.05, 0) is 30.7 Å². The third-order valence-corrected chi connectivity index (χ3v) is 6.11. The first kappa shape index (κ1) is 21.8. The van der Waals surface area contributed by atoms with Crippen molar-refractivity contribution >= 4 is 39.2 Å². The summed E-state index contributed by atoms with van der Waals surface area (Å²) < 4.78 is 32.3. The molecule has 0 saturated carbocycles. The van der Waals surface area contributed by atoms with Crippen molar-refractivity contribution in [2.24, 2.45) is 0 Å². The summed E-state index contributed by atoms with van der Waals surface area (Å²) >= 11 is 2.45. The molecule has 0 aliphatic carbocycles. The maximum absolute atomic E-state index is 13.5. The Labute approximate surface area is 166 Å². The summed E-state index contributed by atoms with van der Waals surface area (Å²) in [5.74, 6) is -1.13. The molecule has 0 aliphatic heterocycles. The van der Waals surface area contributed by atoms with Crippen LogP contribution in [0.5, 0.6) is 0 Å². The maximum atomic E-state index is 13.5. The van der Waals surface area contributed by atoms with Crippen LogP contribution in [-0.2, 0) is 9.53 Å². The van der Waals surface area contributed by atoms with Gasteiger partial charge >= 0.3 is 5.97 Å². The van der Waals surface area contributed by atoms with Crippen molar-refractivity contribution < 1.29 is 18.3 Å². The van der Waals surface area contributed by atoms with E-state index in [0.717, 1.165) is 61.7 Å². The van der Waals surface area contributed by atoms with Gasteiger partial charge in [0.25, 0.3) is 0 Å². The zero-order valence-corrected chi connectivity index (χ0v) is 17.0. The number of hydrogen-bond donors (Lipinski definition) is 0. The molecule has 2 rings (SSSR count). The smallest absolute Gasteiger partial charge is 0.305 e. The second-order valence-corrected chi connectivity index (χ2v) is 8.42. The largest absolute Gasteiger partial charge is 0.466 e. The van der Waals surface area contributed by atoms with E-state index >= 15 is 0 Å². The number of benzene rings is 1. The molecule has 2 aromatic rings. The van der Waals surface area contributed by atoms with Crippen molar-refractivity contribution in [1.29, 1.82) is 0 Å².